The van der Waals surface area contributed by atoms with Crippen LogP contribution < -0.4 is 5.32 Å². The topological polar surface area (TPSA) is 69.6 Å². The van der Waals surface area contributed by atoms with E-state index in [9.17, 15) is 15.0 Å². The van der Waals surface area contributed by atoms with Crippen molar-refractivity contribution in [1.82, 2.24) is 5.32 Å². The Morgan fingerprint density at radius 3 is 2.74 bits per heavy atom. The van der Waals surface area contributed by atoms with Gasteiger partial charge in [-0.25, -0.2) is 0 Å². The predicted molar refractivity (Wildman–Crippen MR) is 118 cm³/mol. The Bertz CT molecular complexity index is 902. The summed E-state index contributed by atoms with van der Waals surface area (Å²) in [4.78, 5) is 12.5. The first kappa shape index (κ1) is 20.5. The minimum Gasteiger partial charge on any atom is -0.384 e. The van der Waals surface area contributed by atoms with E-state index in [2.05, 4.69) is 15.4 Å². The van der Waals surface area contributed by atoms with E-state index >= 15 is 0 Å². The third-order valence-electron chi connectivity index (χ3n) is 4.18. The molecule has 3 rings (SSSR count). The molecule has 0 saturated heterocycles. The van der Waals surface area contributed by atoms with Gasteiger partial charge in [0.05, 0.1) is 3.04 Å². The number of amides is 1. The SMILES string of the molecule is O=C(NC(O)C(O)c1cccc(Cl)c1)C1=CC(C2=CC=IC(Cl)=C2)=CCC1. The Labute approximate surface area is 177 Å². The summed E-state index contributed by atoms with van der Waals surface area (Å²) in [7, 11) is 0. The fourth-order valence-electron chi connectivity index (χ4n) is 2.80. The molecule has 0 aromatic heterocycles. The van der Waals surface area contributed by atoms with Gasteiger partial charge in [0.1, 0.15) is 6.10 Å². The van der Waals surface area contributed by atoms with Gasteiger partial charge in [0, 0.05) is 10.6 Å². The summed E-state index contributed by atoms with van der Waals surface area (Å²) in [5.41, 5.74) is 2.90. The Morgan fingerprint density at radius 2 is 2.00 bits per heavy atom. The number of hydrogen-bond donors (Lipinski definition) is 3. The minimum atomic E-state index is -1.44. The van der Waals surface area contributed by atoms with Crippen LogP contribution in [0.1, 0.15) is 24.5 Å². The monoisotopic (exact) mass is 517 g/mol. The molecule has 1 aliphatic heterocycles. The van der Waals surface area contributed by atoms with Crippen LogP contribution in [-0.4, -0.2) is 26.4 Å². The average molecular weight is 518 g/mol. The van der Waals surface area contributed by atoms with Crippen molar-refractivity contribution in [3.63, 3.8) is 0 Å². The number of rotatable bonds is 5. The van der Waals surface area contributed by atoms with Crippen LogP contribution in [0.15, 0.2) is 68.3 Å². The number of aliphatic hydroxyl groups excluding tert-OH is 2. The fourth-order valence-corrected chi connectivity index (χ4v) is 4.86. The normalized spacial score (nSPS) is 19.0. The zero-order valence-corrected chi connectivity index (χ0v) is 17.9. The largest absolute Gasteiger partial charge is 0.384 e. The second-order valence-corrected chi connectivity index (χ2v) is 10.1. The maximum Gasteiger partial charge on any atom is 0.249 e. The van der Waals surface area contributed by atoms with Crippen molar-refractivity contribution < 1.29 is 15.0 Å². The molecule has 3 N–H and O–H groups in total. The molecule has 1 aromatic rings. The standard InChI is InChI=1S/C20H18Cl2INO3/c21-16-6-2-4-14(10-16)18(25)20(27)24-19(26)15-5-1-3-12(9-15)13-7-8-23-17(22)11-13/h2-4,6-11,18,20,25,27H,1,5H2,(H,24,26). The number of allylic oxidation sites excluding steroid dienone is 6. The van der Waals surface area contributed by atoms with Gasteiger partial charge in [-0.3, -0.25) is 4.79 Å². The average Bonchev–Trinajstić information content (AvgIpc) is 2.67. The van der Waals surface area contributed by atoms with Crippen molar-refractivity contribution in [1.29, 1.82) is 0 Å². The molecule has 0 radical (unpaired) electrons. The van der Waals surface area contributed by atoms with E-state index in [-0.39, 0.29) is 20.7 Å². The molecule has 1 aliphatic carbocycles. The van der Waals surface area contributed by atoms with Crippen LogP contribution in [0, 0.1) is 0 Å². The molecule has 4 nitrogen and oxygen atoms in total. The van der Waals surface area contributed by atoms with Crippen molar-refractivity contribution >= 4 is 53.9 Å². The van der Waals surface area contributed by atoms with Crippen LogP contribution in [0.3, 0.4) is 0 Å². The zero-order chi connectivity index (χ0) is 19.4. The summed E-state index contributed by atoms with van der Waals surface area (Å²) in [6, 6.07) is 6.53. The maximum absolute atomic E-state index is 12.5. The number of aliphatic hydroxyl groups is 2. The van der Waals surface area contributed by atoms with E-state index in [1.165, 1.54) is 0 Å². The molecule has 1 aromatic carbocycles. The Hall–Kier alpha value is -1.25. The molecule has 0 saturated carbocycles. The third-order valence-corrected chi connectivity index (χ3v) is 6.70. The van der Waals surface area contributed by atoms with Crippen molar-refractivity contribution in [2.45, 2.75) is 25.2 Å². The summed E-state index contributed by atoms with van der Waals surface area (Å²) < 4.78 is 2.95. The fraction of sp³-hybridized carbons (Fsp3) is 0.200. The minimum absolute atomic E-state index is 0.239. The van der Waals surface area contributed by atoms with Crippen LogP contribution in [0.5, 0.6) is 0 Å². The molecule has 142 valence electrons. The van der Waals surface area contributed by atoms with Crippen LogP contribution in [0.2, 0.25) is 5.02 Å². The van der Waals surface area contributed by atoms with Crippen LogP contribution in [-0.2, 0) is 4.79 Å². The third kappa shape index (κ3) is 5.39. The molecule has 0 fully saturated rings. The molecule has 2 atom stereocenters. The molecule has 0 spiro atoms. The van der Waals surface area contributed by atoms with Crippen molar-refractivity contribution in [3.05, 3.63) is 78.9 Å². The number of benzene rings is 1. The van der Waals surface area contributed by atoms with E-state index in [4.69, 9.17) is 23.2 Å². The van der Waals surface area contributed by atoms with Crippen molar-refractivity contribution in [2.24, 2.45) is 0 Å². The van der Waals surface area contributed by atoms with Gasteiger partial charge in [0.15, 0.2) is 6.23 Å². The van der Waals surface area contributed by atoms with Crippen LogP contribution in [0.4, 0.5) is 0 Å². The lowest BCUT2D eigenvalue weighted by molar-refractivity contribution is -0.123. The van der Waals surface area contributed by atoms with Gasteiger partial charge in [-0.1, -0.05) is 62.1 Å². The highest BCUT2D eigenvalue weighted by Crippen LogP contribution is 2.31. The van der Waals surface area contributed by atoms with E-state index in [0.29, 0.717) is 22.6 Å². The van der Waals surface area contributed by atoms with Gasteiger partial charge in [-0.15, -0.1) is 0 Å². The molecule has 1 heterocycles. The van der Waals surface area contributed by atoms with Gasteiger partial charge in [0.2, 0.25) is 5.91 Å². The van der Waals surface area contributed by atoms with Gasteiger partial charge >= 0.3 is 0 Å². The molecule has 1 amide bonds. The maximum atomic E-state index is 12.5. The summed E-state index contributed by atoms with van der Waals surface area (Å²) in [6.07, 6.45) is 6.42. The first-order chi connectivity index (χ1) is 12.9. The molecule has 2 unspecified atom stereocenters. The smallest absolute Gasteiger partial charge is 0.249 e. The van der Waals surface area contributed by atoms with Gasteiger partial charge in [0.25, 0.3) is 0 Å². The number of hydrogen-bond acceptors (Lipinski definition) is 3. The highest BCUT2D eigenvalue weighted by molar-refractivity contribution is 14.2. The highest BCUT2D eigenvalue weighted by Gasteiger charge is 2.23. The second kappa shape index (κ2) is 9.30. The first-order valence-electron chi connectivity index (χ1n) is 8.31. The highest BCUT2D eigenvalue weighted by atomic mass is 127. The Balaban J connectivity index is 1.69. The lowest BCUT2D eigenvalue weighted by Crippen LogP contribution is -2.40. The Morgan fingerprint density at radius 1 is 1.19 bits per heavy atom. The van der Waals surface area contributed by atoms with E-state index in [1.807, 2.05) is 12.2 Å². The molecule has 2 aliphatic rings. The summed E-state index contributed by atoms with van der Waals surface area (Å²) in [5.74, 6) is -0.405. The summed E-state index contributed by atoms with van der Waals surface area (Å²) >= 11 is 11.8. The molecule has 7 heteroatoms. The van der Waals surface area contributed by atoms with Crippen LogP contribution >= 0.6 is 43.9 Å². The van der Waals surface area contributed by atoms with E-state index in [1.54, 1.807) is 30.3 Å². The Kier molecular flexibility index (Phi) is 7.05. The number of carbonyl (C=O) groups excluding carboxylic acids is 1. The molecule has 0 bridgehead atoms. The van der Waals surface area contributed by atoms with Gasteiger partial charge in [-0.2, -0.15) is 0 Å². The molecular weight excluding hydrogens is 500 g/mol. The number of carbonyl (C=O) groups is 1. The van der Waals surface area contributed by atoms with Crippen LogP contribution in [0.25, 0.3) is 0 Å². The molecule has 27 heavy (non-hydrogen) atoms. The predicted octanol–water partition coefficient (Wildman–Crippen LogP) is 4.25. The summed E-state index contributed by atoms with van der Waals surface area (Å²) in [5, 5.41) is 23.4. The first-order valence-corrected chi connectivity index (χ1v) is 11.4. The summed E-state index contributed by atoms with van der Waals surface area (Å²) in [6.45, 7) is 0. The van der Waals surface area contributed by atoms with Crippen molar-refractivity contribution in [3.8, 4) is 0 Å². The zero-order valence-electron chi connectivity index (χ0n) is 14.2. The quantitative estimate of drug-likeness (QED) is 0.404. The molecular formula is C20H18Cl2INO3. The number of nitrogens with one attached hydrogen (secondary N) is 1. The van der Waals surface area contributed by atoms with Gasteiger partial charge < -0.3 is 15.5 Å². The van der Waals surface area contributed by atoms with Crippen molar-refractivity contribution in [2.75, 3.05) is 0 Å². The lowest BCUT2D eigenvalue weighted by atomic mass is 9.93. The second-order valence-electron chi connectivity index (χ2n) is 6.08. The van der Waals surface area contributed by atoms with Gasteiger partial charge in [-0.05, 0) is 63.9 Å². The van der Waals surface area contributed by atoms with E-state index < -0.39 is 18.2 Å². The lowest BCUT2D eigenvalue weighted by Gasteiger charge is -2.21. The number of halogens is 3. The van der Waals surface area contributed by atoms with E-state index in [0.717, 1.165) is 20.6 Å².